The number of carbonyl (C=O) groups is 1. The summed E-state index contributed by atoms with van der Waals surface area (Å²) in [4.78, 5) is 14.0. The highest BCUT2D eigenvalue weighted by molar-refractivity contribution is 7.15. The van der Waals surface area contributed by atoms with Gasteiger partial charge in [-0.05, 0) is 41.8 Å². The highest BCUT2D eigenvalue weighted by atomic mass is 32.1. The third-order valence-electron chi connectivity index (χ3n) is 3.80. The van der Waals surface area contributed by atoms with Gasteiger partial charge in [0.25, 0.3) is 5.91 Å². The average Bonchev–Trinajstić information content (AvgIpc) is 3.18. The molecule has 2 aromatic rings. The quantitative estimate of drug-likeness (QED) is 0.928. The molecule has 0 radical (unpaired) electrons. The van der Waals surface area contributed by atoms with Crippen molar-refractivity contribution in [1.29, 1.82) is 0 Å². The maximum absolute atomic E-state index is 11.8. The van der Waals surface area contributed by atoms with Gasteiger partial charge in [0, 0.05) is 17.0 Å². The molecule has 4 nitrogen and oxygen atoms in total. The molecule has 0 bridgehead atoms. The Bertz CT molecular complexity index is 689. The third kappa shape index (κ3) is 2.37. The van der Waals surface area contributed by atoms with Crippen LogP contribution in [0, 0.1) is 0 Å². The van der Waals surface area contributed by atoms with Gasteiger partial charge in [0.2, 0.25) is 0 Å². The zero-order valence-corrected chi connectivity index (χ0v) is 12.2. The summed E-state index contributed by atoms with van der Waals surface area (Å²) in [6, 6.07) is 10.2. The van der Waals surface area contributed by atoms with Crippen molar-refractivity contribution < 1.29 is 14.3 Å². The number of thiophene rings is 1. The lowest BCUT2D eigenvalue weighted by Crippen LogP contribution is -2.31. The highest BCUT2D eigenvalue weighted by Gasteiger charge is 2.21. The molecule has 0 atom stereocenters. The topological polar surface area (TPSA) is 47.6 Å². The van der Waals surface area contributed by atoms with Crippen LogP contribution < -0.4 is 5.32 Å². The van der Waals surface area contributed by atoms with Crippen LogP contribution in [-0.4, -0.2) is 25.7 Å². The van der Waals surface area contributed by atoms with Crippen molar-refractivity contribution in [2.45, 2.75) is 12.7 Å². The maximum Gasteiger partial charge on any atom is 0.251 e. The molecule has 1 fully saturated rings. The molecule has 1 aromatic carbocycles. The molecule has 0 unspecified atom stereocenters. The van der Waals surface area contributed by atoms with Crippen LogP contribution >= 0.6 is 11.3 Å². The third-order valence-corrected chi connectivity index (χ3v) is 4.95. The molecule has 5 heteroatoms. The minimum Gasteiger partial charge on any atom is -0.352 e. The number of nitrogens with one attached hydrogen (secondary N) is 1. The van der Waals surface area contributed by atoms with E-state index >= 15 is 0 Å². The Morgan fingerprint density at radius 1 is 1.14 bits per heavy atom. The number of ether oxygens (including phenoxy) is 2. The van der Waals surface area contributed by atoms with Gasteiger partial charge in [-0.25, -0.2) is 0 Å². The average molecular weight is 301 g/mol. The second kappa shape index (κ2) is 5.26. The molecular weight excluding hydrogens is 286 g/mol. The molecular formula is C16H15NO3S. The lowest BCUT2D eigenvalue weighted by molar-refractivity contribution is -0.0413. The molecule has 21 heavy (non-hydrogen) atoms. The molecule has 1 aromatic heterocycles. The van der Waals surface area contributed by atoms with E-state index in [1.165, 1.54) is 4.88 Å². The van der Waals surface area contributed by atoms with E-state index in [9.17, 15) is 4.79 Å². The minimum atomic E-state index is -0.216. The van der Waals surface area contributed by atoms with E-state index in [0.29, 0.717) is 19.8 Å². The predicted molar refractivity (Wildman–Crippen MR) is 80.4 cm³/mol. The summed E-state index contributed by atoms with van der Waals surface area (Å²) >= 11 is 1.68. The van der Waals surface area contributed by atoms with Gasteiger partial charge in [-0.3, -0.25) is 4.79 Å². The lowest BCUT2D eigenvalue weighted by atomic mass is 9.97. The Kier molecular flexibility index (Phi) is 3.25. The van der Waals surface area contributed by atoms with E-state index < -0.39 is 0 Å². The van der Waals surface area contributed by atoms with E-state index in [0.717, 1.165) is 28.0 Å². The molecule has 1 N–H and O–H groups in total. The Labute approximate surface area is 126 Å². The Hall–Kier alpha value is -1.69. The van der Waals surface area contributed by atoms with Crippen molar-refractivity contribution in [3.05, 3.63) is 46.3 Å². The molecule has 2 aliphatic rings. The summed E-state index contributed by atoms with van der Waals surface area (Å²) in [7, 11) is 0. The van der Waals surface area contributed by atoms with Gasteiger partial charge in [0.1, 0.15) is 0 Å². The summed E-state index contributed by atoms with van der Waals surface area (Å²) in [5, 5.41) is 2.87. The number of hydrogen-bond acceptors (Lipinski definition) is 4. The van der Waals surface area contributed by atoms with Gasteiger partial charge in [0.15, 0.2) is 6.29 Å². The van der Waals surface area contributed by atoms with Crippen LogP contribution in [0.5, 0.6) is 0 Å². The fourth-order valence-corrected chi connectivity index (χ4v) is 3.74. The normalized spacial score (nSPS) is 18.6. The monoisotopic (exact) mass is 301 g/mol. The molecule has 1 amide bonds. The second-order valence-corrected chi connectivity index (χ2v) is 6.27. The van der Waals surface area contributed by atoms with Gasteiger partial charge in [0.05, 0.1) is 18.1 Å². The van der Waals surface area contributed by atoms with Crippen LogP contribution in [0.4, 0.5) is 0 Å². The van der Waals surface area contributed by atoms with Crippen molar-refractivity contribution >= 4 is 17.2 Å². The summed E-state index contributed by atoms with van der Waals surface area (Å²) in [5.41, 5.74) is 3.07. The van der Waals surface area contributed by atoms with Gasteiger partial charge in [-0.2, -0.15) is 0 Å². The van der Waals surface area contributed by atoms with E-state index in [4.69, 9.17) is 9.47 Å². The smallest absolute Gasteiger partial charge is 0.251 e. The Balaban J connectivity index is 1.65. The molecule has 0 aliphatic carbocycles. The number of benzene rings is 1. The fourth-order valence-electron chi connectivity index (χ4n) is 2.74. The van der Waals surface area contributed by atoms with Crippen LogP contribution in [0.3, 0.4) is 0 Å². The Morgan fingerprint density at radius 3 is 2.86 bits per heavy atom. The van der Waals surface area contributed by atoms with Gasteiger partial charge < -0.3 is 14.8 Å². The summed E-state index contributed by atoms with van der Waals surface area (Å²) in [6.07, 6.45) is 0.675. The molecule has 3 heterocycles. The summed E-state index contributed by atoms with van der Waals surface area (Å²) < 4.78 is 11.1. The predicted octanol–water partition coefficient (Wildman–Crippen LogP) is 2.75. The maximum atomic E-state index is 11.8. The zero-order valence-electron chi connectivity index (χ0n) is 11.4. The summed E-state index contributed by atoms with van der Waals surface area (Å²) in [5.74, 6) is 0.0300. The van der Waals surface area contributed by atoms with E-state index in [-0.39, 0.29) is 12.2 Å². The van der Waals surface area contributed by atoms with Crippen molar-refractivity contribution in [1.82, 2.24) is 5.32 Å². The van der Waals surface area contributed by atoms with Gasteiger partial charge >= 0.3 is 0 Å². The SMILES string of the molecule is O=C1NCCc2cc(-c3ccc(C4OCCO4)s3)ccc21. The van der Waals surface area contributed by atoms with E-state index in [1.54, 1.807) is 11.3 Å². The molecule has 2 aliphatic heterocycles. The minimum absolute atomic E-state index is 0.0300. The number of hydrogen-bond donors (Lipinski definition) is 1. The van der Waals surface area contributed by atoms with Crippen LogP contribution in [-0.2, 0) is 15.9 Å². The molecule has 0 spiro atoms. The first-order valence-corrected chi connectivity index (χ1v) is 7.87. The number of amides is 1. The second-order valence-electron chi connectivity index (χ2n) is 5.15. The first-order chi connectivity index (χ1) is 10.3. The van der Waals surface area contributed by atoms with E-state index in [1.807, 2.05) is 12.1 Å². The zero-order chi connectivity index (χ0) is 14.2. The number of rotatable bonds is 2. The molecule has 108 valence electrons. The van der Waals surface area contributed by atoms with Crippen LogP contribution in [0.2, 0.25) is 0 Å². The van der Waals surface area contributed by atoms with Crippen molar-refractivity contribution in [3.8, 4) is 10.4 Å². The Morgan fingerprint density at radius 2 is 2.00 bits per heavy atom. The van der Waals surface area contributed by atoms with Crippen LogP contribution in [0.15, 0.2) is 30.3 Å². The van der Waals surface area contributed by atoms with Crippen molar-refractivity contribution in [3.63, 3.8) is 0 Å². The molecule has 4 rings (SSSR count). The molecule has 0 saturated carbocycles. The van der Waals surface area contributed by atoms with Gasteiger partial charge in [-0.1, -0.05) is 6.07 Å². The van der Waals surface area contributed by atoms with Gasteiger partial charge in [-0.15, -0.1) is 11.3 Å². The fraction of sp³-hybridized carbons (Fsp3) is 0.312. The highest BCUT2D eigenvalue weighted by Crippen LogP contribution is 2.35. The standard InChI is InChI=1S/C16H15NO3S/c18-15-12-2-1-11(9-10(12)5-6-17-15)13-3-4-14(21-13)16-19-7-8-20-16/h1-4,9,16H,5-8H2,(H,17,18). The van der Waals surface area contributed by atoms with Crippen LogP contribution in [0.25, 0.3) is 10.4 Å². The van der Waals surface area contributed by atoms with E-state index in [2.05, 4.69) is 23.5 Å². The molecule has 1 saturated heterocycles. The van der Waals surface area contributed by atoms with Crippen LogP contribution in [0.1, 0.15) is 27.1 Å². The first-order valence-electron chi connectivity index (χ1n) is 7.06. The van der Waals surface area contributed by atoms with Crippen molar-refractivity contribution in [2.24, 2.45) is 0 Å². The number of fused-ring (bicyclic) bond motifs is 1. The largest absolute Gasteiger partial charge is 0.352 e. The number of carbonyl (C=O) groups excluding carboxylic acids is 1. The summed E-state index contributed by atoms with van der Waals surface area (Å²) in [6.45, 7) is 2.03. The van der Waals surface area contributed by atoms with Crippen molar-refractivity contribution in [2.75, 3.05) is 19.8 Å². The first kappa shape index (κ1) is 13.0. The lowest BCUT2D eigenvalue weighted by Gasteiger charge is -2.16.